The zero-order valence-corrected chi connectivity index (χ0v) is 63.1. The summed E-state index contributed by atoms with van der Waals surface area (Å²) >= 11 is 0. The van der Waals surface area contributed by atoms with Gasteiger partial charge in [-0.25, -0.2) is 9.13 Å². The molecule has 0 heterocycles. The monoisotopic (exact) mass is 1380 g/mol. The molecule has 94 heavy (non-hydrogen) atoms. The topological polar surface area (TPSA) is 237 Å². The lowest BCUT2D eigenvalue weighted by molar-refractivity contribution is -0.161. The summed E-state index contributed by atoms with van der Waals surface area (Å²) in [5.74, 6) is -0.497. The summed E-state index contributed by atoms with van der Waals surface area (Å²) in [6, 6.07) is 0. The van der Waals surface area contributed by atoms with Crippen LogP contribution in [0.5, 0.6) is 0 Å². The maximum atomic E-state index is 13.1. The van der Waals surface area contributed by atoms with Crippen LogP contribution >= 0.6 is 15.6 Å². The first-order valence-corrected chi connectivity index (χ1v) is 42.0. The molecule has 0 fully saturated rings. The van der Waals surface area contributed by atoms with E-state index in [1.165, 1.54) is 205 Å². The molecule has 0 aromatic rings. The Morgan fingerprint density at radius 2 is 0.543 bits per heavy atom. The largest absolute Gasteiger partial charge is 0.472 e. The first kappa shape index (κ1) is 92.1. The Kier molecular flexibility index (Phi) is 65.5. The Labute approximate surface area is 575 Å². The van der Waals surface area contributed by atoms with Gasteiger partial charge in [0.25, 0.3) is 0 Å². The molecular formula is C75H146O17P2. The van der Waals surface area contributed by atoms with Crippen LogP contribution in [0.4, 0.5) is 0 Å². The minimum Gasteiger partial charge on any atom is -0.462 e. The first-order valence-electron chi connectivity index (χ1n) is 39.0. The highest BCUT2D eigenvalue weighted by molar-refractivity contribution is 7.47. The molecule has 0 rings (SSSR count). The van der Waals surface area contributed by atoms with Gasteiger partial charge in [-0.15, -0.1) is 0 Å². The molecular weight excluding hydrogens is 1230 g/mol. The van der Waals surface area contributed by atoms with Crippen molar-refractivity contribution in [1.82, 2.24) is 0 Å². The number of esters is 4. The highest BCUT2D eigenvalue weighted by Crippen LogP contribution is 2.45. The third-order valence-electron chi connectivity index (χ3n) is 17.8. The number of hydrogen-bond acceptors (Lipinski definition) is 15. The van der Waals surface area contributed by atoms with E-state index in [0.717, 1.165) is 102 Å². The molecule has 0 aliphatic rings. The van der Waals surface area contributed by atoms with Gasteiger partial charge in [0.05, 0.1) is 26.4 Å². The molecule has 3 unspecified atom stereocenters. The molecule has 0 aliphatic heterocycles. The van der Waals surface area contributed by atoms with E-state index in [1.54, 1.807) is 0 Å². The highest BCUT2D eigenvalue weighted by Gasteiger charge is 2.30. The summed E-state index contributed by atoms with van der Waals surface area (Å²) in [7, 11) is -9.91. The summed E-state index contributed by atoms with van der Waals surface area (Å²) in [5.41, 5.74) is 0. The molecule has 0 aromatic heterocycles. The minimum absolute atomic E-state index is 0.107. The quantitative estimate of drug-likeness (QED) is 0.0222. The lowest BCUT2D eigenvalue weighted by Crippen LogP contribution is -2.30. The molecule has 0 saturated carbocycles. The van der Waals surface area contributed by atoms with Crippen molar-refractivity contribution in [1.29, 1.82) is 0 Å². The van der Waals surface area contributed by atoms with Crippen molar-refractivity contribution >= 4 is 39.5 Å². The SMILES string of the molecule is CCCCCCCCCCCCCC(=O)O[C@H](COC(=O)CCCCCCCCCCCC)COP(=O)(O)OC[C@H](O)COP(=O)(O)OC[C@@H](COC(=O)CCCCCCCCCCCCC(C)CC)OC(=O)CCCCCCCCCCCCCCCCCCC(C)C. The van der Waals surface area contributed by atoms with Crippen LogP contribution in [-0.2, 0) is 65.4 Å². The lowest BCUT2D eigenvalue weighted by Gasteiger charge is -2.21. The van der Waals surface area contributed by atoms with Crippen LogP contribution in [0.25, 0.3) is 0 Å². The molecule has 0 aromatic carbocycles. The predicted octanol–water partition coefficient (Wildman–Crippen LogP) is 21.9. The molecule has 3 N–H and O–H groups in total. The third kappa shape index (κ3) is 67.3. The van der Waals surface area contributed by atoms with Gasteiger partial charge in [0.15, 0.2) is 12.2 Å². The number of hydrogen-bond donors (Lipinski definition) is 3. The summed E-state index contributed by atoms with van der Waals surface area (Å²) in [4.78, 5) is 72.7. The standard InChI is InChI=1S/C75H146O17P2/c1-7-10-12-14-16-18-26-35-41-47-53-59-74(79)91-70(63-85-72(77)57-51-45-39-33-19-17-15-13-11-8-2)65-89-93(81,82)87-61-69(76)62-88-94(83,84)90-66-71(64-86-73(78)58-52-46-40-34-30-29-32-38-44-50-56-68(6)9-3)92-75(80)60-54-48-42-36-28-25-23-21-20-22-24-27-31-37-43-49-55-67(4)5/h67-71,76H,7-66H2,1-6H3,(H,81,82)(H,83,84)/t68?,69-,70+,71+/m0/s1. The third-order valence-corrected chi connectivity index (χ3v) is 19.7. The zero-order valence-electron chi connectivity index (χ0n) is 61.3. The molecule has 17 nitrogen and oxygen atoms in total. The maximum absolute atomic E-state index is 13.1. The molecule has 6 atom stereocenters. The van der Waals surface area contributed by atoms with Gasteiger partial charge in [-0.1, -0.05) is 337 Å². The second-order valence-electron chi connectivity index (χ2n) is 27.8. The van der Waals surface area contributed by atoms with Crippen molar-refractivity contribution in [2.75, 3.05) is 39.6 Å². The Balaban J connectivity index is 5.22. The molecule has 558 valence electrons. The number of phosphoric ester groups is 2. The van der Waals surface area contributed by atoms with Gasteiger partial charge in [0, 0.05) is 25.7 Å². The zero-order chi connectivity index (χ0) is 69.3. The van der Waals surface area contributed by atoms with E-state index in [0.29, 0.717) is 25.7 Å². The van der Waals surface area contributed by atoms with E-state index in [1.807, 2.05) is 0 Å². The Morgan fingerprint density at radius 3 is 0.809 bits per heavy atom. The average molecular weight is 1380 g/mol. The number of carbonyl (C=O) groups excluding carboxylic acids is 4. The minimum atomic E-state index is -4.96. The smallest absolute Gasteiger partial charge is 0.462 e. The van der Waals surface area contributed by atoms with Crippen LogP contribution in [0.1, 0.15) is 388 Å². The van der Waals surface area contributed by atoms with Gasteiger partial charge in [-0.05, 0) is 37.5 Å². The van der Waals surface area contributed by atoms with Crippen LogP contribution in [0, 0.1) is 11.8 Å². The number of aliphatic hydroxyl groups excluding tert-OH is 1. The summed E-state index contributed by atoms with van der Waals surface area (Å²) < 4.78 is 68.5. The van der Waals surface area contributed by atoms with Crippen LogP contribution in [0.15, 0.2) is 0 Å². The molecule has 0 bridgehead atoms. The van der Waals surface area contributed by atoms with E-state index in [4.69, 9.17) is 37.0 Å². The van der Waals surface area contributed by atoms with Crippen molar-refractivity contribution in [2.24, 2.45) is 11.8 Å². The fourth-order valence-electron chi connectivity index (χ4n) is 11.4. The van der Waals surface area contributed by atoms with Crippen LogP contribution in [0.2, 0.25) is 0 Å². The summed E-state index contributed by atoms with van der Waals surface area (Å²) in [6.07, 6.45) is 53.9. The van der Waals surface area contributed by atoms with Crippen LogP contribution < -0.4 is 0 Å². The summed E-state index contributed by atoms with van der Waals surface area (Å²) in [6.45, 7) is 9.64. The van der Waals surface area contributed by atoms with E-state index < -0.39 is 97.5 Å². The van der Waals surface area contributed by atoms with E-state index in [-0.39, 0.29) is 25.7 Å². The number of aliphatic hydroxyl groups is 1. The van der Waals surface area contributed by atoms with Gasteiger partial charge >= 0.3 is 39.5 Å². The second kappa shape index (κ2) is 66.9. The lowest BCUT2D eigenvalue weighted by atomic mass is 9.99. The fourth-order valence-corrected chi connectivity index (χ4v) is 13.0. The van der Waals surface area contributed by atoms with E-state index in [2.05, 4.69) is 41.5 Å². The molecule has 0 radical (unpaired) electrons. The van der Waals surface area contributed by atoms with Gasteiger partial charge in [0.2, 0.25) is 0 Å². The average Bonchev–Trinajstić information content (AvgIpc) is 1.90. The Morgan fingerprint density at radius 1 is 0.309 bits per heavy atom. The number of rotatable bonds is 74. The van der Waals surface area contributed by atoms with Crippen LogP contribution in [0.3, 0.4) is 0 Å². The normalized spacial score (nSPS) is 14.3. The van der Waals surface area contributed by atoms with Gasteiger partial charge in [0.1, 0.15) is 19.3 Å². The van der Waals surface area contributed by atoms with Crippen molar-refractivity contribution in [3.63, 3.8) is 0 Å². The maximum Gasteiger partial charge on any atom is 0.472 e. The van der Waals surface area contributed by atoms with Gasteiger partial charge in [-0.3, -0.25) is 37.3 Å². The molecule has 0 aliphatic carbocycles. The van der Waals surface area contributed by atoms with Crippen molar-refractivity contribution in [3.05, 3.63) is 0 Å². The van der Waals surface area contributed by atoms with Crippen molar-refractivity contribution in [3.8, 4) is 0 Å². The van der Waals surface area contributed by atoms with Crippen molar-refractivity contribution < 1.29 is 80.2 Å². The summed E-state index contributed by atoms with van der Waals surface area (Å²) in [5, 5.41) is 10.6. The molecule has 0 saturated heterocycles. The van der Waals surface area contributed by atoms with Crippen LogP contribution in [-0.4, -0.2) is 96.7 Å². The molecule has 0 amide bonds. The Bertz CT molecular complexity index is 1820. The molecule has 0 spiro atoms. The number of unbranched alkanes of at least 4 members (excludes halogenated alkanes) is 43. The highest BCUT2D eigenvalue weighted by atomic mass is 31.2. The second-order valence-corrected chi connectivity index (χ2v) is 30.7. The number of phosphoric acid groups is 2. The predicted molar refractivity (Wildman–Crippen MR) is 381 cm³/mol. The van der Waals surface area contributed by atoms with E-state index >= 15 is 0 Å². The van der Waals surface area contributed by atoms with Gasteiger partial charge < -0.3 is 33.8 Å². The Hall–Kier alpha value is -1.94. The van der Waals surface area contributed by atoms with E-state index in [9.17, 15) is 43.2 Å². The molecule has 19 heteroatoms. The van der Waals surface area contributed by atoms with Crippen molar-refractivity contribution in [2.45, 2.75) is 407 Å². The number of carbonyl (C=O) groups is 4. The number of ether oxygens (including phenoxy) is 4. The fraction of sp³-hybridized carbons (Fsp3) is 0.947. The van der Waals surface area contributed by atoms with Gasteiger partial charge in [-0.2, -0.15) is 0 Å². The first-order chi connectivity index (χ1) is 45.4.